The third-order valence-electron chi connectivity index (χ3n) is 3.43. The third-order valence-corrected chi connectivity index (χ3v) is 3.43. The van der Waals surface area contributed by atoms with E-state index in [1.54, 1.807) is 0 Å². The fourth-order valence-corrected chi connectivity index (χ4v) is 2.32. The van der Waals surface area contributed by atoms with Gasteiger partial charge in [0.2, 0.25) is 0 Å². The molecule has 0 heterocycles. The number of nitrogens with one attached hydrogen (secondary N) is 1. The van der Waals surface area contributed by atoms with Crippen LogP contribution in [0.2, 0.25) is 0 Å². The zero-order valence-electron chi connectivity index (χ0n) is 11.8. The largest absolute Gasteiger partial charge is 0.494 e. The molecule has 0 spiro atoms. The Labute approximate surface area is 120 Å². The van der Waals surface area contributed by atoms with Gasteiger partial charge < -0.3 is 14.8 Å². The second-order valence-corrected chi connectivity index (χ2v) is 5.11. The van der Waals surface area contributed by atoms with Crippen LogP contribution < -0.4 is 10.1 Å². The molecule has 4 heteroatoms. The van der Waals surface area contributed by atoms with Crippen molar-refractivity contribution in [3.63, 3.8) is 0 Å². The molecule has 20 heavy (non-hydrogen) atoms. The lowest BCUT2D eigenvalue weighted by Gasteiger charge is -2.12. The Balaban J connectivity index is 1.46. The summed E-state index contributed by atoms with van der Waals surface area (Å²) in [5.74, 6) is 0.890. The van der Waals surface area contributed by atoms with Crippen LogP contribution in [0, 0.1) is 0 Å². The van der Waals surface area contributed by atoms with E-state index in [4.69, 9.17) is 9.47 Å². The molecule has 0 radical (unpaired) electrons. The van der Waals surface area contributed by atoms with Gasteiger partial charge in [0.25, 0.3) is 0 Å². The first kappa shape index (κ1) is 14.7. The number of rotatable bonds is 7. The minimum atomic E-state index is -0.277. The van der Waals surface area contributed by atoms with Crippen LogP contribution in [-0.2, 0) is 4.74 Å². The maximum atomic E-state index is 11.5. The fraction of sp³-hybridized carbons (Fsp3) is 0.562. The molecule has 0 bridgehead atoms. The van der Waals surface area contributed by atoms with E-state index >= 15 is 0 Å². The summed E-state index contributed by atoms with van der Waals surface area (Å²) in [4.78, 5) is 11.5. The number of carbonyl (C=O) groups excluding carboxylic acids is 1. The number of ether oxygens (including phenoxy) is 2. The van der Waals surface area contributed by atoms with E-state index in [1.165, 1.54) is 12.8 Å². The van der Waals surface area contributed by atoms with Gasteiger partial charge >= 0.3 is 6.09 Å². The second-order valence-electron chi connectivity index (χ2n) is 5.11. The van der Waals surface area contributed by atoms with E-state index in [1.807, 2.05) is 30.3 Å². The molecule has 4 nitrogen and oxygen atoms in total. The van der Waals surface area contributed by atoms with E-state index in [0.717, 1.165) is 31.4 Å². The van der Waals surface area contributed by atoms with Crippen molar-refractivity contribution in [1.29, 1.82) is 0 Å². The number of benzene rings is 1. The van der Waals surface area contributed by atoms with Crippen LogP contribution in [0.4, 0.5) is 4.79 Å². The highest BCUT2D eigenvalue weighted by molar-refractivity contribution is 5.67. The van der Waals surface area contributed by atoms with Gasteiger partial charge in [0, 0.05) is 6.54 Å². The van der Waals surface area contributed by atoms with E-state index < -0.39 is 0 Å². The number of hydrogen-bond acceptors (Lipinski definition) is 3. The van der Waals surface area contributed by atoms with Crippen LogP contribution in [0.3, 0.4) is 0 Å². The topological polar surface area (TPSA) is 47.6 Å². The van der Waals surface area contributed by atoms with Gasteiger partial charge in [-0.3, -0.25) is 0 Å². The number of amides is 1. The number of carbonyl (C=O) groups is 1. The highest BCUT2D eigenvalue weighted by atomic mass is 16.6. The quantitative estimate of drug-likeness (QED) is 0.776. The molecular formula is C16H23NO3. The summed E-state index contributed by atoms with van der Waals surface area (Å²) < 4.78 is 10.9. The molecule has 1 aliphatic carbocycles. The summed E-state index contributed by atoms with van der Waals surface area (Å²) in [6.45, 7) is 1.31. The van der Waals surface area contributed by atoms with Crippen LogP contribution in [0.5, 0.6) is 5.75 Å². The first-order valence-electron chi connectivity index (χ1n) is 7.47. The van der Waals surface area contributed by atoms with Crippen LogP contribution >= 0.6 is 0 Å². The number of unbranched alkanes of at least 4 members (excludes halogenated alkanes) is 1. The lowest BCUT2D eigenvalue weighted by molar-refractivity contribution is 0.101. The maximum Gasteiger partial charge on any atom is 0.407 e. The van der Waals surface area contributed by atoms with Crippen molar-refractivity contribution in [1.82, 2.24) is 5.32 Å². The lowest BCUT2D eigenvalue weighted by Crippen LogP contribution is -2.28. The standard InChI is InChI=1S/C16H23NO3/c18-16(20-15-10-4-5-11-15)17-12-6-7-13-19-14-8-2-1-3-9-14/h1-3,8-9,15H,4-7,10-13H2,(H,17,18). The van der Waals surface area contributed by atoms with E-state index in [9.17, 15) is 4.79 Å². The van der Waals surface area contributed by atoms with Crippen molar-refractivity contribution in [2.75, 3.05) is 13.2 Å². The van der Waals surface area contributed by atoms with Crippen molar-refractivity contribution >= 4 is 6.09 Å². The lowest BCUT2D eigenvalue weighted by atomic mass is 10.3. The van der Waals surface area contributed by atoms with Gasteiger partial charge in [0.1, 0.15) is 11.9 Å². The van der Waals surface area contributed by atoms with Gasteiger partial charge in [-0.1, -0.05) is 18.2 Å². The Morgan fingerprint density at radius 3 is 2.65 bits per heavy atom. The van der Waals surface area contributed by atoms with Gasteiger partial charge in [-0.15, -0.1) is 0 Å². The van der Waals surface area contributed by atoms with Crippen LogP contribution in [0.25, 0.3) is 0 Å². The molecule has 1 N–H and O–H groups in total. The predicted molar refractivity (Wildman–Crippen MR) is 77.9 cm³/mol. The Bertz CT molecular complexity index is 388. The fourth-order valence-electron chi connectivity index (χ4n) is 2.32. The average molecular weight is 277 g/mol. The Hall–Kier alpha value is -1.71. The van der Waals surface area contributed by atoms with Gasteiger partial charge in [-0.25, -0.2) is 4.79 Å². The van der Waals surface area contributed by atoms with Crippen molar-refractivity contribution in [2.45, 2.75) is 44.6 Å². The average Bonchev–Trinajstić information content (AvgIpc) is 2.96. The molecule has 1 aromatic carbocycles. The second kappa shape index (κ2) is 8.46. The van der Waals surface area contributed by atoms with Gasteiger partial charge in [-0.05, 0) is 50.7 Å². The summed E-state index contributed by atoms with van der Waals surface area (Å²) in [5.41, 5.74) is 0. The van der Waals surface area contributed by atoms with Crippen molar-refractivity contribution in [2.24, 2.45) is 0 Å². The van der Waals surface area contributed by atoms with Crippen LogP contribution in [0.15, 0.2) is 30.3 Å². The SMILES string of the molecule is O=C(NCCCCOc1ccccc1)OC1CCCC1. The normalized spacial score (nSPS) is 15.0. The monoisotopic (exact) mass is 277 g/mol. The van der Waals surface area contributed by atoms with Gasteiger partial charge in [0.05, 0.1) is 6.61 Å². The predicted octanol–water partition coefficient (Wildman–Crippen LogP) is 3.51. The molecule has 0 aliphatic heterocycles. The molecule has 110 valence electrons. The van der Waals surface area contributed by atoms with E-state index in [-0.39, 0.29) is 12.2 Å². The van der Waals surface area contributed by atoms with Crippen molar-refractivity contribution in [3.8, 4) is 5.75 Å². The zero-order chi connectivity index (χ0) is 14.0. The first-order valence-corrected chi connectivity index (χ1v) is 7.47. The maximum absolute atomic E-state index is 11.5. The smallest absolute Gasteiger partial charge is 0.407 e. The van der Waals surface area contributed by atoms with Gasteiger partial charge in [0.15, 0.2) is 0 Å². The molecule has 2 rings (SSSR count). The molecule has 0 aromatic heterocycles. The summed E-state index contributed by atoms with van der Waals surface area (Å²) in [7, 11) is 0. The molecule has 0 unspecified atom stereocenters. The molecular weight excluding hydrogens is 254 g/mol. The number of hydrogen-bond donors (Lipinski definition) is 1. The molecule has 0 saturated heterocycles. The van der Waals surface area contributed by atoms with Crippen LogP contribution in [-0.4, -0.2) is 25.3 Å². The van der Waals surface area contributed by atoms with Gasteiger partial charge in [-0.2, -0.15) is 0 Å². The van der Waals surface area contributed by atoms with Crippen LogP contribution in [0.1, 0.15) is 38.5 Å². The highest BCUT2D eigenvalue weighted by Crippen LogP contribution is 2.20. The molecule has 1 amide bonds. The minimum absolute atomic E-state index is 0.136. The zero-order valence-corrected chi connectivity index (χ0v) is 11.8. The van der Waals surface area contributed by atoms with Crippen molar-refractivity contribution in [3.05, 3.63) is 30.3 Å². The summed E-state index contributed by atoms with van der Waals surface area (Å²) in [5, 5.41) is 2.79. The highest BCUT2D eigenvalue weighted by Gasteiger charge is 2.18. The van der Waals surface area contributed by atoms with Crippen molar-refractivity contribution < 1.29 is 14.3 Å². The molecule has 0 atom stereocenters. The summed E-state index contributed by atoms with van der Waals surface area (Å²) in [6.07, 6.45) is 6.04. The van der Waals surface area contributed by atoms with E-state index in [2.05, 4.69) is 5.32 Å². The molecule has 1 aromatic rings. The summed E-state index contributed by atoms with van der Waals surface area (Å²) in [6, 6.07) is 9.76. The van der Waals surface area contributed by atoms with E-state index in [0.29, 0.717) is 13.2 Å². The Morgan fingerprint density at radius 1 is 1.15 bits per heavy atom. The first-order chi connectivity index (χ1) is 9.84. The number of para-hydroxylation sites is 1. The molecule has 1 saturated carbocycles. The summed E-state index contributed by atoms with van der Waals surface area (Å²) >= 11 is 0. The minimum Gasteiger partial charge on any atom is -0.494 e. The molecule has 1 fully saturated rings. The molecule has 1 aliphatic rings. The third kappa shape index (κ3) is 5.51. The Kier molecular flexibility index (Phi) is 6.21. The number of alkyl carbamates (subject to hydrolysis) is 1. The Morgan fingerprint density at radius 2 is 1.90 bits per heavy atom.